The fraction of sp³-hybridized carbons (Fsp3) is 0.429. The molecule has 0 saturated carbocycles. The molecule has 4 rings (SSSR count). The van der Waals surface area contributed by atoms with Gasteiger partial charge in [0.05, 0.1) is 17.6 Å². The molecule has 0 spiro atoms. The second-order valence-electron chi connectivity index (χ2n) is 7.62. The monoisotopic (exact) mass is 482 g/mol. The van der Waals surface area contributed by atoms with Crippen LogP contribution in [0.5, 0.6) is 0 Å². The minimum Gasteiger partial charge on any atom is -0.465 e. The summed E-state index contributed by atoms with van der Waals surface area (Å²) in [6.45, 7) is 0.258. The number of rotatable bonds is 5. The first kappa shape index (κ1) is 22.3. The Morgan fingerprint density at radius 3 is 2.58 bits per heavy atom. The summed E-state index contributed by atoms with van der Waals surface area (Å²) in [6, 6.07) is 5.06. The van der Waals surface area contributed by atoms with E-state index in [0.717, 1.165) is 36.1 Å². The van der Waals surface area contributed by atoms with Crippen LogP contribution in [-0.2, 0) is 32.4 Å². The molecule has 1 fully saturated rings. The van der Waals surface area contributed by atoms with Crippen LogP contribution in [0.25, 0.3) is 0 Å². The highest BCUT2D eigenvalue weighted by atomic mass is 35.5. The van der Waals surface area contributed by atoms with Gasteiger partial charge in [-0.25, -0.2) is 13.2 Å². The third kappa shape index (κ3) is 4.24. The Hall–Kier alpha value is -1.94. The van der Waals surface area contributed by atoms with Gasteiger partial charge in [0.25, 0.3) is 0 Å². The summed E-state index contributed by atoms with van der Waals surface area (Å²) in [5.41, 5.74) is 1.34. The van der Waals surface area contributed by atoms with Crippen molar-refractivity contribution in [3.05, 3.63) is 45.3 Å². The standard InChI is InChI=1S/C21H23ClN2O5S2/c1-29-21(26)18-15-5-2-3-7-17(15)30-20(18)23-19(25)16-6-4-12-24(16)31(27,28)14-10-8-13(22)9-11-14/h8-11,16H,2-7,12H2,1H3,(H,23,25)/t16-/m1/s1. The molecule has 10 heteroatoms. The third-order valence-corrected chi connectivity index (χ3v) is 9.11. The molecule has 2 aromatic rings. The van der Waals surface area contributed by atoms with Crippen molar-refractivity contribution in [3.63, 3.8) is 0 Å². The predicted octanol–water partition coefficient (Wildman–Crippen LogP) is 3.86. The molecule has 1 amide bonds. The van der Waals surface area contributed by atoms with Crippen LogP contribution >= 0.6 is 22.9 Å². The van der Waals surface area contributed by atoms with E-state index >= 15 is 0 Å². The van der Waals surface area contributed by atoms with Crippen LogP contribution in [0.15, 0.2) is 29.2 Å². The second kappa shape index (κ2) is 8.90. The van der Waals surface area contributed by atoms with Gasteiger partial charge in [-0.05, 0) is 68.4 Å². The Kier molecular flexibility index (Phi) is 6.39. The van der Waals surface area contributed by atoms with Crippen LogP contribution in [0.3, 0.4) is 0 Å². The van der Waals surface area contributed by atoms with Crippen molar-refractivity contribution in [2.24, 2.45) is 0 Å². The van der Waals surface area contributed by atoms with Crippen LogP contribution in [0, 0.1) is 0 Å². The molecule has 31 heavy (non-hydrogen) atoms. The van der Waals surface area contributed by atoms with Gasteiger partial charge < -0.3 is 10.1 Å². The first-order valence-corrected chi connectivity index (χ1v) is 12.8. The molecule has 7 nitrogen and oxygen atoms in total. The second-order valence-corrected chi connectivity index (χ2v) is 11.1. The number of nitrogens with one attached hydrogen (secondary N) is 1. The van der Waals surface area contributed by atoms with E-state index in [4.69, 9.17) is 16.3 Å². The summed E-state index contributed by atoms with van der Waals surface area (Å²) in [4.78, 5) is 26.7. The van der Waals surface area contributed by atoms with Crippen molar-refractivity contribution in [2.45, 2.75) is 49.5 Å². The molecular formula is C21H23ClN2O5S2. The molecule has 1 aliphatic heterocycles. The van der Waals surface area contributed by atoms with Gasteiger partial charge >= 0.3 is 5.97 Å². The number of aryl methyl sites for hydroxylation is 1. The Balaban J connectivity index is 1.61. The zero-order valence-electron chi connectivity index (χ0n) is 17.0. The molecule has 2 aliphatic rings. The van der Waals surface area contributed by atoms with Gasteiger partial charge in [0.2, 0.25) is 15.9 Å². The molecule has 0 bridgehead atoms. The van der Waals surface area contributed by atoms with Gasteiger partial charge in [-0.1, -0.05) is 11.6 Å². The fourth-order valence-electron chi connectivity index (χ4n) is 4.20. The molecule has 1 N–H and O–H groups in total. The maximum Gasteiger partial charge on any atom is 0.341 e. The lowest BCUT2D eigenvalue weighted by Crippen LogP contribution is -2.43. The molecule has 0 radical (unpaired) electrons. The molecule has 1 atom stereocenters. The number of anilines is 1. The minimum absolute atomic E-state index is 0.0958. The van der Waals surface area contributed by atoms with Crippen LogP contribution < -0.4 is 5.32 Å². The lowest BCUT2D eigenvalue weighted by molar-refractivity contribution is -0.119. The van der Waals surface area contributed by atoms with Crippen molar-refractivity contribution in [2.75, 3.05) is 19.0 Å². The summed E-state index contributed by atoms with van der Waals surface area (Å²) in [5, 5.41) is 3.72. The van der Waals surface area contributed by atoms with Crippen LogP contribution in [-0.4, -0.2) is 44.3 Å². The van der Waals surface area contributed by atoms with E-state index in [1.807, 2.05) is 0 Å². The number of hydrogen-bond donors (Lipinski definition) is 1. The number of nitrogens with zero attached hydrogens (tertiary/aromatic N) is 1. The third-order valence-electron chi connectivity index (χ3n) is 5.72. The lowest BCUT2D eigenvalue weighted by Gasteiger charge is -2.23. The summed E-state index contributed by atoms with van der Waals surface area (Å²) < 4.78 is 32.4. The van der Waals surface area contributed by atoms with Gasteiger partial charge in [0, 0.05) is 16.4 Å². The number of amides is 1. The molecule has 1 aromatic heterocycles. The van der Waals surface area contributed by atoms with Crippen molar-refractivity contribution >= 4 is 49.8 Å². The number of hydrogen-bond acceptors (Lipinski definition) is 6. The average Bonchev–Trinajstić information content (AvgIpc) is 3.39. The Labute approximate surface area is 190 Å². The molecular weight excluding hydrogens is 460 g/mol. The normalized spacial score (nSPS) is 19.1. The van der Waals surface area contributed by atoms with Crippen LogP contribution in [0.1, 0.15) is 46.5 Å². The van der Waals surface area contributed by atoms with Gasteiger partial charge in [0.15, 0.2) is 0 Å². The van der Waals surface area contributed by atoms with E-state index in [1.165, 1.54) is 47.0 Å². The van der Waals surface area contributed by atoms with Crippen LogP contribution in [0.4, 0.5) is 5.00 Å². The first-order chi connectivity index (χ1) is 14.8. The van der Waals surface area contributed by atoms with Gasteiger partial charge in [0.1, 0.15) is 11.0 Å². The van der Waals surface area contributed by atoms with Crippen molar-refractivity contribution in [1.82, 2.24) is 4.31 Å². The number of benzene rings is 1. The SMILES string of the molecule is COC(=O)c1c(NC(=O)[C@H]2CCCN2S(=O)(=O)c2ccc(Cl)cc2)sc2c1CCCC2. The topological polar surface area (TPSA) is 92.8 Å². The minimum atomic E-state index is -3.85. The molecule has 1 aromatic carbocycles. The Bertz CT molecular complexity index is 1110. The van der Waals surface area contributed by atoms with Crippen molar-refractivity contribution < 1.29 is 22.7 Å². The lowest BCUT2D eigenvalue weighted by atomic mass is 9.95. The number of esters is 1. The summed E-state index contributed by atoms with van der Waals surface area (Å²) >= 11 is 7.26. The van der Waals surface area contributed by atoms with Crippen molar-refractivity contribution in [1.29, 1.82) is 0 Å². The van der Waals surface area contributed by atoms with Crippen LogP contribution in [0.2, 0.25) is 5.02 Å². The zero-order valence-corrected chi connectivity index (χ0v) is 19.4. The number of sulfonamides is 1. The van der Waals surface area contributed by atoms with E-state index in [2.05, 4.69) is 5.32 Å². The molecule has 1 aliphatic carbocycles. The fourth-order valence-corrected chi connectivity index (χ4v) is 7.26. The summed E-state index contributed by atoms with van der Waals surface area (Å²) in [7, 11) is -2.53. The number of halogens is 1. The zero-order chi connectivity index (χ0) is 22.2. The number of carbonyl (C=O) groups excluding carboxylic acids is 2. The number of ether oxygens (including phenoxy) is 1. The summed E-state index contributed by atoms with van der Waals surface area (Å²) in [5.74, 6) is -0.912. The molecule has 1 saturated heterocycles. The van der Waals surface area contributed by atoms with Gasteiger partial charge in [-0.2, -0.15) is 4.31 Å². The number of methoxy groups -OCH3 is 1. The number of fused-ring (bicyclic) bond motifs is 1. The Morgan fingerprint density at radius 1 is 1.16 bits per heavy atom. The number of carbonyl (C=O) groups is 2. The predicted molar refractivity (Wildman–Crippen MR) is 119 cm³/mol. The average molecular weight is 483 g/mol. The highest BCUT2D eigenvalue weighted by molar-refractivity contribution is 7.89. The van der Waals surface area contributed by atoms with E-state index in [0.29, 0.717) is 28.4 Å². The molecule has 166 valence electrons. The number of thiophene rings is 1. The smallest absolute Gasteiger partial charge is 0.341 e. The van der Waals surface area contributed by atoms with E-state index < -0.39 is 27.9 Å². The Morgan fingerprint density at radius 2 is 1.87 bits per heavy atom. The molecule has 0 unspecified atom stereocenters. The quantitative estimate of drug-likeness (QED) is 0.653. The summed E-state index contributed by atoms with van der Waals surface area (Å²) in [6.07, 6.45) is 4.65. The molecule has 2 heterocycles. The first-order valence-electron chi connectivity index (χ1n) is 10.1. The maximum absolute atomic E-state index is 13.1. The van der Waals surface area contributed by atoms with Gasteiger partial charge in [-0.15, -0.1) is 11.3 Å². The van der Waals surface area contributed by atoms with Gasteiger partial charge in [-0.3, -0.25) is 4.79 Å². The highest BCUT2D eigenvalue weighted by Crippen LogP contribution is 2.39. The highest BCUT2D eigenvalue weighted by Gasteiger charge is 2.40. The van der Waals surface area contributed by atoms with Crippen molar-refractivity contribution in [3.8, 4) is 0 Å². The van der Waals surface area contributed by atoms with E-state index in [9.17, 15) is 18.0 Å². The van der Waals surface area contributed by atoms with E-state index in [-0.39, 0.29) is 11.4 Å². The largest absolute Gasteiger partial charge is 0.465 e. The van der Waals surface area contributed by atoms with E-state index in [1.54, 1.807) is 0 Å². The maximum atomic E-state index is 13.1.